The quantitative estimate of drug-likeness (QED) is 0.0511. The van der Waals surface area contributed by atoms with Gasteiger partial charge >= 0.3 is 73.3 Å². The lowest BCUT2D eigenvalue weighted by molar-refractivity contribution is -0.558. The predicted octanol–water partition coefficient (Wildman–Crippen LogP) is 12.4. The van der Waals surface area contributed by atoms with Gasteiger partial charge in [-0.3, -0.25) is 0 Å². The molecular formula is C38H32F36O10. The maximum atomic E-state index is 15.1. The Bertz CT molecular complexity index is 2020. The molecule has 0 aliphatic heterocycles. The van der Waals surface area contributed by atoms with E-state index in [1.165, 1.54) is 0 Å². The number of rotatable bonds is 30. The van der Waals surface area contributed by atoms with Crippen molar-refractivity contribution in [2.75, 3.05) is 26.4 Å². The molecule has 3 aliphatic rings. The van der Waals surface area contributed by atoms with Gasteiger partial charge in [-0.2, -0.15) is 105 Å². The highest BCUT2D eigenvalue weighted by atomic mass is 19.4. The minimum Gasteiger partial charge on any atom is -0.363 e. The van der Waals surface area contributed by atoms with Crippen LogP contribution in [0.5, 0.6) is 0 Å². The van der Waals surface area contributed by atoms with Crippen LogP contribution in [0.4, 0.5) is 158 Å². The molecule has 46 heteroatoms. The van der Waals surface area contributed by atoms with Gasteiger partial charge in [-0.15, -0.1) is 13.2 Å². The van der Waals surface area contributed by atoms with E-state index < -0.39 is 210 Å². The molecule has 16 unspecified atom stereocenters. The molecule has 0 bridgehead atoms. The van der Waals surface area contributed by atoms with E-state index in [2.05, 4.69) is 51.1 Å². The molecule has 0 saturated heterocycles. The fraction of sp³-hybridized carbons (Fsp3) is 0.895. The van der Waals surface area contributed by atoms with Crippen LogP contribution in [-0.2, 0) is 47.4 Å². The summed E-state index contributed by atoms with van der Waals surface area (Å²) >= 11 is 0. The molecule has 0 N–H and O–H groups in total. The smallest absolute Gasteiger partial charge is 0.363 e. The fourth-order valence-electron chi connectivity index (χ4n) is 7.05. The normalized spacial score (nSPS) is 33.5. The van der Waals surface area contributed by atoms with Crippen molar-refractivity contribution in [3.05, 3.63) is 25.3 Å². The average molecular weight is 1330 g/mol. The second-order valence-electron chi connectivity index (χ2n) is 17.4. The zero-order chi connectivity index (χ0) is 65.7. The number of hydrogen-bond donors (Lipinski definition) is 0. The van der Waals surface area contributed by atoms with Gasteiger partial charge in [-0.05, 0) is 0 Å². The van der Waals surface area contributed by atoms with E-state index in [9.17, 15) is 154 Å². The molecule has 0 spiro atoms. The highest BCUT2D eigenvalue weighted by Crippen LogP contribution is 2.52. The molecule has 496 valence electrons. The van der Waals surface area contributed by atoms with Crippen molar-refractivity contribution in [2.45, 2.75) is 172 Å². The van der Waals surface area contributed by atoms with Gasteiger partial charge in [-0.25, -0.2) is 81.1 Å². The Morgan fingerprint density at radius 1 is 0.226 bits per heavy atom. The summed E-state index contributed by atoms with van der Waals surface area (Å²) in [6.07, 6.45) is -144. The Hall–Kier alpha value is -3.44. The summed E-state index contributed by atoms with van der Waals surface area (Å²) in [7, 11) is 0. The highest BCUT2D eigenvalue weighted by Gasteiger charge is 2.76. The Morgan fingerprint density at radius 3 is 0.583 bits per heavy atom. The zero-order valence-corrected chi connectivity index (χ0v) is 39.5. The van der Waals surface area contributed by atoms with E-state index in [-0.39, 0.29) is 12.2 Å². The third-order valence-electron chi connectivity index (χ3n) is 11.1. The van der Waals surface area contributed by atoms with Crippen LogP contribution in [0.15, 0.2) is 25.3 Å². The van der Waals surface area contributed by atoms with Crippen LogP contribution in [0.3, 0.4) is 0 Å². The lowest BCUT2D eigenvalue weighted by atomic mass is 9.81. The van der Waals surface area contributed by atoms with Gasteiger partial charge in [0.1, 0.15) is 75.5 Å². The van der Waals surface area contributed by atoms with Crippen LogP contribution in [-0.4, -0.2) is 198 Å². The first-order valence-electron chi connectivity index (χ1n) is 21.6. The zero-order valence-electron chi connectivity index (χ0n) is 39.5. The average Bonchev–Trinajstić information content (AvgIpc) is 3.15. The molecule has 0 aromatic heterocycles. The lowest BCUT2D eigenvalue weighted by Crippen LogP contribution is -2.61. The molecule has 0 aromatic carbocycles. The molecule has 3 fully saturated rings. The van der Waals surface area contributed by atoms with Gasteiger partial charge in [0.2, 0.25) is 0 Å². The topological polar surface area (TPSA) is 92.3 Å². The number of ether oxygens (including phenoxy) is 10. The second-order valence-corrected chi connectivity index (χ2v) is 17.4. The highest BCUT2D eigenvalue weighted by molar-refractivity contribution is 5.07. The van der Waals surface area contributed by atoms with Gasteiger partial charge < -0.3 is 18.9 Å². The molecule has 16 atom stereocenters. The van der Waals surface area contributed by atoms with Crippen LogP contribution < -0.4 is 0 Å². The SMILES string of the molecule is C=CC1C(F)C(F)C(F)C(OCC(F)(F)OC(F)(F)C(F)(F)OC(F)(F)C(F)(F)OC(F)(F)COC2C(F)C(F)C(F)C(OCC(F)(F)OC(F)(F)C(F)(F)OC(F)(F)C(F)(F)OC(F)(F)COC3C(F)C(F)C(F)C(C=C)C3F)C2F)C1F. The first-order valence-corrected chi connectivity index (χ1v) is 21.6. The van der Waals surface area contributed by atoms with Crippen molar-refractivity contribution < 1.29 is 205 Å². The molecule has 10 nitrogen and oxygen atoms in total. The van der Waals surface area contributed by atoms with Crippen LogP contribution in [0.2, 0.25) is 0 Å². The summed E-state index contributed by atoms with van der Waals surface area (Å²) in [5, 5.41) is 0. The minimum absolute atomic E-state index is 0.226. The van der Waals surface area contributed by atoms with E-state index in [1.807, 2.05) is 0 Å². The number of alkyl halides is 36. The van der Waals surface area contributed by atoms with Crippen molar-refractivity contribution in [2.24, 2.45) is 11.8 Å². The molecule has 0 amide bonds. The minimum atomic E-state index is -7.76. The van der Waals surface area contributed by atoms with E-state index >= 15 is 4.39 Å². The Balaban J connectivity index is 1.67. The standard InChI is InChI=1S/C38H32F36O10/c1-3-9-11(39)15(43)18(46)23(13(9)41)75-5-27(51,52)79-31(59,60)35(67,68)83-37(71,72)33(63,64)81-29(55,56)7-77-25-20(48)17(45)21(49)26(22(25)50)78-8-30(57,58)82-34(65,66)38(73,74)84-36(69,70)32(61,62)80-28(53,54)6-76-24-14(42)10(4-2)12(40)16(44)19(24)47/h3-4,9-26H,1-2,5-8H2. The molecule has 0 radical (unpaired) electrons. The van der Waals surface area contributed by atoms with Crippen molar-refractivity contribution >= 4 is 0 Å². The van der Waals surface area contributed by atoms with Gasteiger partial charge in [0.05, 0.1) is 0 Å². The summed E-state index contributed by atoms with van der Waals surface area (Å²) in [4.78, 5) is 0. The Labute approximate surface area is 441 Å². The van der Waals surface area contributed by atoms with Crippen LogP contribution in [0.25, 0.3) is 0 Å². The number of allylic oxidation sites excluding steroid dienone is 2. The van der Waals surface area contributed by atoms with Crippen LogP contribution >= 0.6 is 0 Å². The van der Waals surface area contributed by atoms with Crippen LogP contribution in [0.1, 0.15) is 0 Å². The molecule has 0 heterocycles. The third kappa shape index (κ3) is 16.6. The first kappa shape index (κ1) is 74.8. The predicted molar refractivity (Wildman–Crippen MR) is 191 cm³/mol. The van der Waals surface area contributed by atoms with Gasteiger partial charge in [0.15, 0.2) is 49.4 Å². The van der Waals surface area contributed by atoms with Crippen molar-refractivity contribution in [3.63, 3.8) is 0 Å². The van der Waals surface area contributed by atoms with E-state index in [4.69, 9.17) is 0 Å². The van der Waals surface area contributed by atoms with Gasteiger partial charge in [-0.1, -0.05) is 12.2 Å². The number of halogens is 36. The number of hydrogen-bond acceptors (Lipinski definition) is 10. The first-order chi connectivity index (χ1) is 37.4. The molecule has 0 aromatic rings. The van der Waals surface area contributed by atoms with Gasteiger partial charge in [0, 0.05) is 11.8 Å². The maximum absolute atomic E-state index is 15.1. The Morgan fingerprint density at radius 2 is 0.393 bits per heavy atom. The summed E-state index contributed by atoms with van der Waals surface area (Å²) in [6.45, 7) is -7.85. The third-order valence-corrected chi connectivity index (χ3v) is 11.1. The summed E-state index contributed by atoms with van der Waals surface area (Å²) in [5.41, 5.74) is 0. The molecule has 84 heavy (non-hydrogen) atoms. The summed E-state index contributed by atoms with van der Waals surface area (Å²) in [6, 6.07) is 0. The molecule has 3 aliphatic carbocycles. The van der Waals surface area contributed by atoms with Crippen molar-refractivity contribution in [1.29, 1.82) is 0 Å². The van der Waals surface area contributed by atoms with E-state index in [1.54, 1.807) is 9.47 Å². The molecular weight excluding hydrogens is 1300 g/mol. The lowest BCUT2D eigenvalue weighted by Gasteiger charge is -2.40. The Kier molecular flexibility index (Phi) is 22.8. The van der Waals surface area contributed by atoms with E-state index in [0.29, 0.717) is 0 Å². The van der Waals surface area contributed by atoms with Crippen molar-refractivity contribution in [3.8, 4) is 0 Å². The maximum Gasteiger partial charge on any atom is 0.453 e. The molecule has 3 rings (SSSR count). The molecule has 3 saturated carbocycles. The largest absolute Gasteiger partial charge is 0.453 e. The second kappa shape index (κ2) is 25.6. The van der Waals surface area contributed by atoms with Gasteiger partial charge in [0.25, 0.3) is 0 Å². The summed E-state index contributed by atoms with van der Waals surface area (Å²) in [5.74, 6) is -4.86. The van der Waals surface area contributed by atoms with E-state index in [0.717, 1.165) is 0 Å². The summed E-state index contributed by atoms with van der Waals surface area (Å²) < 4.78 is 535. The van der Waals surface area contributed by atoms with Crippen LogP contribution in [0, 0.1) is 11.8 Å². The van der Waals surface area contributed by atoms with Crippen molar-refractivity contribution in [1.82, 2.24) is 0 Å². The fourth-order valence-corrected chi connectivity index (χ4v) is 7.05. The monoisotopic (exact) mass is 1330 g/mol.